The van der Waals surface area contributed by atoms with Crippen LogP contribution in [0.25, 0.3) is 0 Å². The van der Waals surface area contributed by atoms with Crippen LogP contribution in [0.1, 0.15) is 55.5 Å². The fourth-order valence-corrected chi connectivity index (χ4v) is 5.64. The van der Waals surface area contributed by atoms with Gasteiger partial charge in [-0.1, -0.05) is 5.16 Å². The largest absolute Gasteiger partial charge is 0.459 e. The van der Waals surface area contributed by atoms with E-state index >= 15 is 0 Å². The Balaban J connectivity index is 1.29. The molecule has 0 unspecified atom stereocenters. The van der Waals surface area contributed by atoms with Crippen LogP contribution in [0.5, 0.6) is 0 Å². The molecule has 4 fully saturated rings. The average Bonchev–Trinajstić information content (AvgIpc) is 2.87. The van der Waals surface area contributed by atoms with E-state index in [-0.39, 0.29) is 24.5 Å². The Morgan fingerprint density at radius 3 is 2.28 bits per heavy atom. The SMILES string of the molecule is Cc1noc(C)c1COC(=O)CNC(=O)C12CC3CC(CC(C3)C1)C2. The zero-order chi connectivity index (χ0) is 17.6. The number of aromatic nitrogens is 1. The summed E-state index contributed by atoms with van der Waals surface area (Å²) in [6.07, 6.45) is 6.89. The molecule has 25 heavy (non-hydrogen) atoms. The number of carbonyl (C=O) groups is 2. The van der Waals surface area contributed by atoms with Gasteiger partial charge < -0.3 is 14.6 Å². The summed E-state index contributed by atoms with van der Waals surface area (Å²) in [5, 5.41) is 6.68. The normalized spacial score (nSPS) is 32.6. The molecule has 0 aromatic carbocycles. The Morgan fingerprint density at radius 1 is 1.16 bits per heavy atom. The van der Waals surface area contributed by atoms with E-state index in [2.05, 4.69) is 10.5 Å². The lowest BCUT2D eigenvalue weighted by molar-refractivity contribution is -0.151. The van der Waals surface area contributed by atoms with Crippen molar-refractivity contribution in [2.75, 3.05) is 6.54 Å². The summed E-state index contributed by atoms with van der Waals surface area (Å²) in [5.74, 6) is 2.43. The molecule has 4 aliphatic carbocycles. The maximum atomic E-state index is 12.8. The van der Waals surface area contributed by atoms with Gasteiger partial charge in [-0.25, -0.2) is 0 Å². The lowest BCUT2D eigenvalue weighted by Gasteiger charge is -2.55. The van der Waals surface area contributed by atoms with Crippen molar-refractivity contribution in [2.24, 2.45) is 23.2 Å². The molecular formula is C19H26N2O4. The van der Waals surface area contributed by atoms with E-state index in [1.165, 1.54) is 19.3 Å². The molecule has 6 heteroatoms. The van der Waals surface area contributed by atoms with Crippen LogP contribution in [0, 0.1) is 37.0 Å². The molecular weight excluding hydrogens is 320 g/mol. The van der Waals surface area contributed by atoms with Gasteiger partial charge in [-0.05, 0) is 70.1 Å². The predicted molar refractivity (Wildman–Crippen MR) is 89.4 cm³/mol. The van der Waals surface area contributed by atoms with Crippen LogP contribution < -0.4 is 5.32 Å². The molecule has 0 saturated heterocycles. The van der Waals surface area contributed by atoms with Crippen LogP contribution in [0.4, 0.5) is 0 Å². The predicted octanol–water partition coefficient (Wildman–Crippen LogP) is 2.67. The molecule has 0 atom stereocenters. The lowest BCUT2D eigenvalue weighted by Crippen LogP contribution is -2.54. The first kappa shape index (κ1) is 16.6. The second kappa shape index (κ2) is 6.15. The molecule has 0 aliphatic heterocycles. The van der Waals surface area contributed by atoms with E-state index in [0.29, 0.717) is 23.5 Å². The fraction of sp³-hybridized carbons (Fsp3) is 0.737. The zero-order valence-corrected chi connectivity index (χ0v) is 15.0. The molecule has 4 bridgehead atoms. The number of hydrogen-bond donors (Lipinski definition) is 1. The zero-order valence-electron chi connectivity index (χ0n) is 15.0. The highest BCUT2D eigenvalue weighted by molar-refractivity contribution is 5.86. The Kier molecular flexibility index (Phi) is 4.08. The van der Waals surface area contributed by atoms with Gasteiger partial charge in [0.2, 0.25) is 5.91 Å². The third kappa shape index (κ3) is 3.07. The van der Waals surface area contributed by atoms with Gasteiger partial charge >= 0.3 is 5.97 Å². The van der Waals surface area contributed by atoms with Gasteiger partial charge in [0.1, 0.15) is 18.9 Å². The average molecular weight is 346 g/mol. The fourth-order valence-electron chi connectivity index (χ4n) is 5.64. The summed E-state index contributed by atoms with van der Waals surface area (Å²) in [6.45, 7) is 3.67. The van der Waals surface area contributed by atoms with E-state index in [1.54, 1.807) is 6.92 Å². The van der Waals surface area contributed by atoms with Gasteiger partial charge in [-0.3, -0.25) is 9.59 Å². The second-order valence-electron chi connectivity index (χ2n) is 8.34. The number of amides is 1. The van der Waals surface area contributed by atoms with Gasteiger partial charge in [-0.15, -0.1) is 0 Å². The number of esters is 1. The first-order chi connectivity index (χ1) is 11.9. The van der Waals surface area contributed by atoms with Gasteiger partial charge in [0, 0.05) is 5.41 Å². The Morgan fingerprint density at radius 2 is 1.76 bits per heavy atom. The maximum Gasteiger partial charge on any atom is 0.325 e. The molecule has 1 heterocycles. The van der Waals surface area contributed by atoms with Crippen molar-refractivity contribution >= 4 is 11.9 Å². The van der Waals surface area contributed by atoms with Crippen molar-refractivity contribution in [3.63, 3.8) is 0 Å². The summed E-state index contributed by atoms with van der Waals surface area (Å²) in [5.41, 5.74) is 1.29. The van der Waals surface area contributed by atoms with E-state index in [1.807, 2.05) is 6.92 Å². The summed E-state index contributed by atoms with van der Waals surface area (Å²) in [7, 11) is 0. The highest BCUT2D eigenvalue weighted by Gasteiger charge is 2.54. The quantitative estimate of drug-likeness (QED) is 0.829. The molecule has 0 radical (unpaired) electrons. The van der Waals surface area contributed by atoms with E-state index in [9.17, 15) is 9.59 Å². The monoisotopic (exact) mass is 346 g/mol. The summed E-state index contributed by atoms with van der Waals surface area (Å²) in [6, 6.07) is 0. The molecule has 1 amide bonds. The van der Waals surface area contributed by atoms with Crippen molar-refractivity contribution < 1.29 is 18.8 Å². The lowest BCUT2D eigenvalue weighted by atomic mass is 9.49. The van der Waals surface area contributed by atoms with Crippen LogP contribution in [0.3, 0.4) is 0 Å². The van der Waals surface area contributed by atoms with Crippen molar-refractivity contribution in [1.29, 1.82) is 0 Å². The third-order valence-corrected chi connectivity index (χ3v) is 6.47. The molecule has 1 N–H and O–H groups in total. The first-order valence-corrected chi connectivity index (χ1v) is 9.31. The second-order valence-corrected chi connectivity index (χ2v) is 8.34. The molecule has 6 nitrogen and oxygen atoms in total. The highest BCUT2D eigenvalue weighted by Crippen LogP contribution is 2.60. The van der Waals surface area contributed by atoms with Gasteiger partial charge in [0.05, 0.1) is 11.3 Å². The number of aryl methyl sites for hydroxylation is 2. The topological polar surface area (TPSA) is 81.4 Å². The number of nitrogens with zero attached hydrogens (tertiary/aromatic N) is 1. The number of hydrogen-bond acceptors (Lipinski definition) is 5. The third-order valence-electron chi connectivity index (χ3n) is 6.47. The minimum atomic E-state index is -0.418. The minimum absolute atomic E-state index is 0.0564. The van der Waals surface area contributed by atoms with Gasteiger partial charge in [-0.2, -0.15) is 0 Å². The summed E-state index contributed by atoms with van der Waals surface area (Å²) >= 11 is 0. The Labute approximate surface area is 147 Å². The standard InChI is InChI=1S/C19H26N2O4/c1-11-16(12(2)25-21-11)10-24-17(22)9-20-18(23)19-6-13-3-14(7-19)5-15(4-13)8-19/h13-15H,3-10H2,1-2H3,(H,20,23). The highest BCUT2D eigenvalue weighted by atomic mass is 16.5. The van der Waals surface area contributed by atoms with Crippen molar-refractivity contribution in [3.8, 4) is 0 Å². The van der Waals surface area contributed by atoms with Gasteiger partial charge in [0.15, 0.2) is 0 Å². The van der Waals surface area contributed by atoms with Crippen molar-refractivity contribution in [2.45, 2.75) is 59.0 Å². The van der Waals surface area contributed by atoms with E-state index in [0.717, 1.165) is 30.5 Å². The molecule has 4 saturated carbocycles. The number of rotatable bonds is 5. The molecule has 5 rings (SSSR count). The Hall–Kier alpha value is -1.85. The maximum absolute atomic E-state index is 12.8. The van der Waals surface area contributed by atoms with Crippen molar-refractivity contribution in [1.82, 2.24) is 10.5 Å². The minimum Gasteiger partial charge on any atom is -0.459 e. The number of carbonyl (C=O) groups excluding carboxylic acids is 2. The molecule has 1 aromatic rings. The number of nitrogens with one attached hydrogen (secondary N) is 1. The number of ether oxygens (including phenoxy) is 1. The summed E-state index contributed by atoms with van der Waals surface area (Å²) < 4.78 is 10.3. The summed E-state index contributed by atoms with van der Waals surface area (Å²) in [4.78, 5) is 24.8. The molecule has 0 spiro atoms. The van der Waals surface area contributed by atoms with Crippen LogP contribution in [0.15, 0.2) is 4.52 Å². The van der Waals surface area contributed by atoms with E-state index < -0.39 is 5.97 Å². The first-order valence-electron chi connectivity index (χ1n) is 9.31. The smallest absolute Gasteiger partial charge is 0.325 e. The van der Waals surface area contributed by atoms with Crippen LogP contribution in [0.2, 0.25) is 0 Å². The van der Waals surface area contributed by atoms with E-state index in [4.69, 9.17) is 9.26 Å². The van der Waals surface area contributed by atoms with Crippen LogP contribution in [-0.2, 0) is 20.9 Å². The van der Waals surface area contributed by atoms with Crippen LogP contribution >= 0.6 is 0 Å². The van der Waals surface area contributed by atoms with Crippen LogP contribution in [-0.4, -0.2) is 23.6 Å². The molecule has 1 aromatic heterocycles. The Bertz CT molecular complexity index is 639. The van der Waals surface area contributed by atoms with Crippen molar-refractivity contribution in [3.05, 3.63) is 17.0 Å². The molecule has 136 valence electrons. The molecule has 4 aliphatic rings. The van der Waals surface area contributed by atoms with Gasteiger partial charge in [0.25, 0.3) is 0 Å².